The van der Waals surface area contributed by atoms with Crippen molar-refractivity contribution in [3.05, 3.63) is 59.2 Å². The Hall–Kier alpha value is -3.23. The maximum Gasteiger partial charge on any atom is 0.416 e. The van der Waals surface area contributed by atoms with Gasteiger partial charge in [0.15, 0.2) is 0 Å². The first-order valence-corrected chi connectivity index (χ1v) is 9.27. The number of amides is 2. The van der Waals surface area contributed by atoms with E-state index in [1.54, 1.807) is 29.2 Å². The van der Waals surface area contributed by atoms with E-state index in [0.717, 1.165) is 12.1 Å². The Morgan fingerprint density at radius 1 is 1.13 bits per heavy atom. The summed E-state index contributed by atoms with van der Waals surface area (Å²) in [5, 5.41) is 0. The Morgan fingerprint density at radius 3 is 2.47 bits per heavy atom. The van der Waals surface area contributed by atoms with Gasteiger partial charge >= 0.3 is 6.18 Å². The molecule has 2 atom stereocenters. The molecular formula is C21H19F3N2O4. The molecule has 1 fully saturated rings. The van der Waals surface area contributed by atoms with Gasteiger partial charge in [-0.1, -0.05) is 0 Å². The van der Waals surface area contributed by atoms with Gasteiger partial charge in [0.2, 0.25) is 0 Å². The van der Waals surface area contributed by atoms with Crippen molar-refractivity contribution in [2.45, 2.75) is 18.3 Å². The van der Waals surface area contributed by atoms with Gasteiger partial charge in [0.1, 0.15) is 17.6 Å². The third-order valence-electron chi connectivity index (χ3n) is 5.49. The van der Waals surface area contributed by atoms with E-state index in [-0.39, 0.29) is 30.3 Å². The minimum absolute atomic E-state index is 0.0890. The normalized spacial score (nSPS) is 20.9. The zero-order chi connectivity index (χ0) is 21.6. The first-order valence-electron chi connectivity index (χ1n) is 9.27. The van der Waals surface area contributed by atoms with Gasteiger partial charge in [-0.2, -0.15) is 13.2 Å². The molecule has 0 bridgehead atoms. The average Bonchev–Trinajstić information content (AvgIpc) is 3.11. The van der Waals surface area contributed by atoms with E-state index in [0.29, 0.717) is 11.3 Å². The van der Waals surface area contributed by atoms with E-state index in [9.17, 15) is 22.8 Å². The van der Waals surface area contributed by atoms with Crippen molar-refractivity contribution in [3.8, 4) is 11.5 Å². The van der Waals surface area contributed by atoms with Crippen LogP contribution in [0.15, 0.2) is 42.5 Å². The summed E-state index contributed by atoms with van der Waals surface area (Å²) in [4.78, 5) is 28.6. The Morgan fingerprint density at radius 2 is 1.83 bits per heavy atom. The predicted molar refractivity (Wildman–Crippen MR) is 101 cm³/mol. The van der Waals surface area contributed by atoms with Gasteiger partial charge < -0.3 is 19.3 Å². The van der Waals surface area contributed by atoms with E-state index >= 15 is 0 Å². The van der Waals surface area contributed by atoms with Crippen LogP contribution in [0.1, 0.15) is 26.3 Å². The maximum absolute atomic E-state index is 13.0. The lowest BCUT2D eigenvalue weighted by Gasteiger charge is -2.25. The number of hydrogen-bond donors (Lipinski definition) is 0. The fourth-order valence-electron chi connectivity index (χ4n) is 3.81. The van der Waals surface area contributed by atoms with Crippen molar-refractivity contribution < 1.29 is 32.2 Å². The van der Waals surface area contributed by atoms with Crippen LogP contribution in [0.2, 0.25) is 0 Å². The quantitative estimate of drug-likeness (QED) is 0.750. The van der Waals surface area contributed by atoms with Crippen molar-refractivity contribution in [2.24, 2.45) is 0 Å². The number of halogens is 3. The molecule has 2 aliphatic heterocycles. The summed E-state index contributed by atoms with van der Waals surface area (Å²) >= 11 is 0. The minimum Gasteiger partial charge on any atom is -0.497 e. The second-order valence-electron chi connectivity index (χ2n) is 7.29. The molecule has 0 saturated carbocycles. The van der Waals surface area contributed by atoms with Gasteiger partial charge in [-0.05, 0) is 42.5 Å². The topological polar surface area (TPSA) is 59.1 Å². The zero-order valence-electron chi connectivity index (χ0n) is 16.3. The molecule has 4 rings (SSSR count). The lowest BCUT2D eigenvalue weighted by molar-refractivity contribution is -0.137. The van der Waals surface area contributed by atoms with Crippen LogP contribution in [-0.2, 0) is 6.18 Å². The van der Waals surface area contributed by atoms with Crippen molar-refractivity contribution in [2.75, 3.05) is 27.2 Å². The van der Waals surface area contributed by atoms with E-state index in [1.807, 2.05) is 0 Å². The number of likely N-dealkylation sites (N-methyl/N-ethyl adjacent to an activating group) is 1. The number of carbonyl (C=O) groups is 2. The molecule has 0 spiro atoms. The predicted octanol–water partition coefficient (Wildman–Crippen LogP) is 3.07. The molecule has 2 aliphatic rings. The molecule has 6 nitrogen and oxygen atoms in total. The number of alkyl halides is 3. The van der Waals surface area contributed by atoms with Gasteiger partial charge in [0.25, 0.3) is 11.8 Å². The van der Waals surface area contributed by atoms with Crippen LogP contribution in [0.5, 0.6) is 11.5 Å². The van der Waals surface area contributed by atoms with Crippen LogP contribution in [0.3, 0.4) is 0 Å². The molecule has 0 aliphatic carbocycles. The molecule has 0 radical (unpaired) electrons. The number of hydrogen-bond acceptors (Lipinski definition) is 4. The van der Waals surface area contributed by atoms with Crippen LogP contribution >= 0.6 is 0 Å². The molecular weight excluding hydrogens is 401 g/mol. The van der Waals surface area contributed by atoms with Gasteiger partial charge in [0.05, 0.1) is 30.8 Å². The zero-order valence-corrected chi connectivity index (χ0v) is 16.3. The highest BCUT2D eigenvalue weighted by molar-refractivity contribution is 5.98. The Balaban J connectivity index is 1.59. The fraction of sp³-hybridized carbons (Fsp3) is 0.333. The van der Waals surface area contributed by atoms with Crippen LogP contribution in [0.25, 0.3) is 0 Å². The highest BCUT2D eigenvalue weighted by Gasteiger charge is 2.44. The van der Waals surface area contributed by atoms with Crippen LogP contribution in [0, 0.1) is 0 Å². The molecule has 30 heavy (non-hydrogen) atoms. The second kappa shape index (κ2) is 7.23. The van der Waals surface area contributed by atoms with Crippen LogP contribution in [0.4, 0.5) is 13.2 Å². The smallest absolute Gasteiger partial charge is 0.416 e. The summed E-state index contributed by atoms with van der Waals surface area (Å²) < 4.78 is 50.1. The number of rotatable bonds is 2. The Labute approximate surface area is 170 Å². The SMILES string of the molecule is COc1ccc(C(=O)N2C[C@@H]3Oc4ccc(C(F)(F)F)cc4C(=O)N(C)[C@@H]3C2)cc1. The number of fused-ring (bicyclic) bond motifs is 2. The first kappa shape index (κ1) is 20.1. The monoisotopic (exact) mass is 420 g/mol. The summed E-state index contributed by atoms with van der Waals surface area (Å²) in [7, 11) is 3.05. The van der Waals surface area contributed by atoms with Crippen LogP contribution < -0.4 is 9.47 Å². The number of carbonyl (C=O) groups excluding carboxylic acids is 2. The summed E-state index contributed by atoms with van der Waals surface area (Å²) in [5.41, 5.74) is -0.568. The standard InChI is InChI=1S/C21H19F3N2O4/c1-25-16-10-26(19(27)12-3-6-14(29-2)7-4-12)11-18(16)30-17-8-5-13(21(22,23)24)9-15(17)20(25)28/h3-9,16,18H,10-11H2,1-2H3/t16-,18+/m1/s1. The van der Waals surface area contributed by atoms with Crippen molar-refractivity contribution in [1.29, 1.82) is 0 Å². The van der Waals surface area contributed by atoms with Crippen molar-refractivity contribution in [3.63, 3.8) is 0 Å². The Kier molecular flexibility index (Phi) is 4.83. The van der Waals surface area contributed by atoms with Crippen molar-refractivity contribution >= 4 is 11.8 Å². The molecule has 2 amide bonds. The third kappa shape index (κ3) is 3.44. The minimum atomic E-state index is -4.56. The van der Waals surface area contributed by atoms with Gasteiger partial charge in [-0.25, -0.2) is 0 Å². The van der Waals surface area contributed by atoms with Crippen molar-refractivity contribution in [1.82, 2.24) is 9.80 Å². The van der Waals surface area contributed by atoms with Gasteiger partial charge in [-0.15, -0.1) is 0 Å². The lowest BCUT2D eigenvalue weighted by Crippen LogP contribution is -2.44. The molecule has 2 aromatic carbocycles. The number of benzene rings is 2. The molecule has 0 N–H and O–H groups in total. The number of ether oxygens (including phenoxy) is 2. The van der Waals surface area contributed by atoms with E-state index in [4.69, 9.17) is 9.47 Å². The lowest BCUT2D eigenvalue weighted by atomic mass is 10.1. The highest BCUT2D eigenvalue weighted by Crippen LogP contribution is 2.36. The molecule has 2 heterocycles. The van der Waals surface area contributed by atoms with E-state index < -0.39 is 29.8 Å². The molecule has 2 aromatic rings. The molecule has 158 valence electrons. The molecule has 0 aromatic heterocycles. The van der Waals surface area contributed by atoms with E-state index in [2.05, 4.69) is 0 Å². The van der Waals surface area contributed by atoms with Gasteiger partial charge in [0, 0.05) is 19.2 Å². The number of methoxy groups -OCH3 is 1. The largest absolute Gasteiger partial charge is 0.497 e. The molecule has 9 heteroatoms. The molecule has 1 saturated heterocycles. The highest BCUT2D eigenvalue weighted by atomic mass is 19.4. The van der Waals surface area contributed by atoms with Crippen LogP contribution in [-0.4, -0.2) is 61.0 Å². The first-order chi connectivity index (χ1) is 14.2. The number of likely N-dealkylation sites (tertiary alicyclic amines) is 1. The third-order valence-corrected chi connectivity index (χ3v) is 5.49. The fourth-order valence-corrected chi connectivity index (χ4v) is 3.81. The molecule has 0 unspecified atom stereocenters. The summed E-state index contributed by atoms with van der Waals surface area (Å²) in [6, 6.07) is 9.07. The summed E-state index contributed by atoms with van der Waals surface area (Å²) in [6.07, 6.45) is -5.10. The Bertz CT molecular complexity index is 991. The van der Waals surface area contributed by atoms with E-state index in [1.165, 1.54) is 25.1 Å². The average molecular weight is 420 g/mol. The second-order valence-corrected chi connectivity index (χ2v) is 7.29. The maximum atomic E-state index is 13.0. The summed E-state index contributed by atoms with van der Waals surface area (Å²) in [6.45, 7) is 0.436. The summed E-state index contributed by atoms with van der Waals surface area (Å²) in [5.74, 6) is -0.0714. The van der Waals surface area contributed by atoms with Gasteiger partial charge in [-0.3, -0.25) is 9.59 Å². The number of nitrogens with zero attached hydrogens (tertiary/aromatic N) is 2.